The third kappa shape index (κ3) is 2.27. The van der Waals surface area contributed by atoms with Crippen molar-refractivity contribution in [1.29, 1.82) is 0 Å². The van der Waals surface area contributed by atoms with E-state index in [1.165, 1.54) is 20.0 Å². The first kappa shape index (κ1) is 9.70. The normalized spacial score (nSPS) is 11.4. The number of carbonyl (C=O) groups is 1. The lowest BCUT2D eigenvalue weighted by molar-refractivity contribution is -0.125. The molecular weight excluding hydrogens is 175 g/mol. The van der Waals surface area contributed by atoms with Crippen molar-refractivity contribution in [3.63, 3.8) is 0 Å². The molecule has 1 amide bonds. The molecule has 0 atom stereocenters. The SMILES string of the molecule is Cc1cnoc1NC(=O)C(C)(C)F. The Morgan fingerprint density at radius 2 is 2.31 bits per heavy atom. The van der Waals surface area contributed by atoms with Gasteiger partial charge in [-0.05, 0) is 20.8 Å². The van der Waals surface area contributed by atoms with Crippen LogP contribution in [0.2, 0.25) is 0 Å². The highest BCUT2D eigenvalue weighted by Gasteiger charge is 2.27. The lowest BCUT2D eigenvalue weighted by atomic mass is 10.1. The number of amides is 1. The second kappa shape index (κ2) is 3.16. The molecule has 0 spiro atoms. The van der Waals surface area contributed by atoms with Gasteiger partial charge in [0.1, 0.15) is 0 Å². The smallest absolute Gasteiger partial charge is 0.263 e. The average Bonchev–Trinajstić information content (AvgIpc) is 2.34. The van der Waals surface area contributed by atoms with Crippen LogP contribution in [0.5, 0.6) is 0 Å². The summed E-state index contributed by atoms with van der Waals surface area (Å²) in [4.78, 5) is 11.1. The van der Waals surface area contributed by atoms with Crippen LogP contribution < -0.4 is 5.32 Å². The molecule has 0 aliphatic heterocycles. The van der Waals surface area contributed by atoms with Crippen molar-refractivity contribution in [1.82, 2.24) is 5.16 Å². The van der Waals surface area contributed by atoms with Gasteiger partial charge >= 0.3 is 0 Å². The van der Waals surface area contributed by atoms with E-state index in [4.69, 9.17) is 0 Å². The molecule has 0 fully saturated rings. The molecule has 0 saturated heterocycles. The topological polar surface area (TPSA) is 55.1 Å². The maximum Gasteiger partial charge on any atom is 0.263 e. The first-order valence-electron chi connectivity index (χ1n) is 3.83. The number of rotatable bonds is 2. The van der Waals surface area contributed by atoms with E-state index in [-0.39, 0.29) is 5.88 Å². The van der Waals surface area contributed by atoms with Gasteiger partial charge in [-0.2, -0.15) is 0 Å². The van der Waals surface area contributed by atoms with Gasteiger partial charge < -0.3 is 4.52 Å². The summed E-state index contributed by atoms with van der Waals surface area (Å²) in [5.74, 6) is -0.553. The molecule has 1 rings (SSSR count). The van der Waals surface area contributed by atoms with E-state index < -0.39 is 11.6 Å². The van der Waals surface area contributed by atoms with E-state index in [1.807, 2.05) is 0 Å². The molecule has 1 aromatic heterocycles. The van der Waals surface area contributed by atoms with Gasteiger partial charge in [-0.3, -0.25) is 10.1 Å². The summed E-state index contributed by atoms with van der Waals surface area (Å²) in [6.45, 7) is 4.05. The predicted molar refractivity (Wildman–Crippen MR) is 45.1 cm³/mol. The van der Waals surface area contributed by atoms with Crippen LogP contribution in [-0.2, 0) is 4.79 Å². The number of halogens is 1. The van der Waals surface area contributed by atoms with Gasteiger partial charge in [0.25, 0.3) is 5.91 Å². The number of nitrogens with zero attached hydrogens (tertiary/aromatic N) is 1. The monoisotopic (exact) mass is 186 g/mol. The van der Waals surface area contributed by atoms with E-state index in [0.717, 1.165) is 0 Å². The molecular formula is C8H11FN2O2. The molecule has 1 aromatic rings. The maximum atomic E-state index is 13.0. The third-order valence-corrected chi connectivity index (χ3v) is 1.52. The standard InChI is InChI=1S/C8H11FN2O2/c1-5-4-10-13-6(5)11-7(12)8(2,3)9/h4H,1-3H3,(H,11,12). The van der Waals surface area contributed by atoms with Crippen molar-refractivity contribution < 1.29 is 13.7 Å². The van der Waals surface area contributed by atoms with Gasteiger partial charge in [0, 0.05) is 5.56 Å². The van der Waals surface area contributed by atoms with Gasteiger partial charge in [0.2, 0.25) is 5.88 Å². The highest BCUT2D eigenvalue weighted by atomic mass is 19.1. The van der Waals surface area contributed by atoms with Gasteiger partial charge in [-0.15, -0.1) is 0 Å². The number of aromatic nitrogens is 1. The molecule has 5 heteroatoms. The molecule has 13 heavy (non-hydrogen) atoms. The number of aryl methyl sites for hydroxylation is 1. The summed E-state index contributed by atoms with van der Waals surface area (Å²) in [6.07, 6.45) is 1.45. The van der Waals surface area contributed by atoms with Crippen molar-refractivity contribution in [2.75, 3.05) is 5.32 Å². The quantitative estimate of drug-likeness (QED) is 0.764. The van der Waals surface area contributed by atoms with E-state index in [0.29, 0.717) is 5.56 Å². The third-order valence-electron chi connectivity index (χ3n) is 1.52. The average molecular weight is 186 g/mol. The van der Waals surface area contributed by atoms with Gasteiger partial charge in [0.05, 0.1) is 6.20 Å². The zero-order valence-electron chi connectivity index (χ0n) is 7.72. The first-order valence-corrected chi connectivity index (χ1v) is 3.83. The Labute approximate surface area is 75.1 Å². The van der Waals surface area contributed by atoms with Crippen LogP contribution in [0, 0.1) is 6.92 Å². The molecule has 1 heterocycles. The summed E-state index contributed by atoms with van der Waals surface area (Å²) in [5, 5.41) is 5.73. The fourth-order valence-electron chi connectivity index (χ4n) is 0.662. The minimum atomic E-state index is -1.92. The minimum absolute atomic E-state index is 0.190. The van der Waals surface area contributed by atoms with Crippen LogP contribution in [0.1, 0.15) is 19.4 Å². The predicted octanol–water partition coefficient (Wildman–Crippen LogP) is 1.67. The van der Waals surface area contributed by atoms with Crippen LogP contribution in [0.15, 0.2) is 10.7 Å². The first-order chi connectivity index (χ1) is 5.91. The number of anilines is 1. The Hall–Kier alpha value is -1.39. The lowest BCUT2D eigenvalue weighted by Gasteiger charge is -2.11. The highest BCUT2D eigenvalue weighted by molar-refractivity contribution is 5.95. The van der Waals surface area contributed by atoms with E-state index in [2.05, 4.69) is 15.0 Å². The summed E-state index contributed by atoms with van der Waals surface area (Å²) in [7, 11) is 0. The number of nitrogens with one attached hydrogen (secondary N) is 1. The van der Waals surface area contributed by atoms with Gasteiger partial charge in [-0.1, -0.05) is 5.16 Å². The fourth-order valence-corrected chi connectivity index (χ4v) is 0.662. The minimum Gasteiger partial charge on any atom is -0.338 e. The second-order valence-corrected chi connectivity index (χ2v) is 3.26. The van der Waals surface area contributed by atoms with Crippen LogP contribution >= 0.6 is 0 Å². The number of alkyl halides is 1. The summed E-state index contributed by atoms with van der Waals surface area (Å²) < 4.78 is 17.7. The van der Waals surface area contributed by atoms with Gasteiger partial charge in [0.15, 0.2) is 5.67 Å². The molecule has 0 unspecified atom stereocenters. The molecule has 1 N–H and O–H groups in total. The largest absolute Gasteiger partial charge is 0.338 e. The molecule has 0 bridgehead atoms. The lowest BCUT2D eigenvalue weighted by Crippen LogP contribution is -2.32. The number of carbonyl (C=O) groups excluding carboxylic acids is 1. The van der Waals surface area contributed by atoms with Crippen molar-refractivity contribution in [3.8, 4) is 0 Å². The molecule has 0 saturated carbocycles. The summed E-state index contributed by atoms with van der Waals surface area (Å²) in [6, 6.07) is 0. The molecule has 0 radical (unpaired) electrons. The Bertz CT molecular complexity index is 314. The molecule has 72 valence electrons. The Balaban J connectivity index is 2.71. The zero-order valence-corrected chi connectivity index (χ0v) is 7.72. The summed E-state index contributed by atoms with van der Waals surface area (Å²) >= 11 is 0. The van der Waals surface area contributed by atoms with Crippen LogP contribution in [0.25, 0.3) is 0 Å². The van der Waals surface area contributed by atoms with Crippen molar-refractivity contribution in [2.45, 2.75) is 26.4 Å². The number of hydrogen-bond donors (Lipinski definition) is 1. The fraction of sp³-hybridized carbons (Fsp3) is 0.500. The Morgan fingerprint density at radius 1 is 1.69 bits per heavy atom. The number of hydrogen-bond acceptors (Lipinski definition) is 3. The van der Waals surface area contributed by atoms with Crippen molar-refractivity contribution in [3.05, 3.63) is 11.8 Å². The highest BCUT2D eigenvalue weighted by Crippen LogP contribution is 2.16. The molecule has 0 aliphatic carbocycles. The maximum absolute atomic E-state index is 13.0. The van der Waals surface area contributed by atoms with Crippen molar-refractivity contribution >= 4 is 11.8 Å². The Morgan fingerprint density at radius 3 is 2.69 bits per heavy atom. The molecule has 0 aliphatic rings. The van der Waals surface area contributed by atoms with Crippen LogP contribution in [0.4, 0.5) is 10.3 Å². The van der Waals surface area contributed by atoms with Gasteiger partial charge in [-0.25, -0.2) is 4.39 Å². The van der Waals surface area contributed by atoms with E-state index in [1.54, 1.807) is 6.92 Å². The Kier molecular flexibility index (Phi) is 2.36. The summed E-state index contributed by atoms with van der Waals surface area (Å²) in [5.41, 5.74) is -1.25. The second-order valence-electron chi connectivity index (χ2n) is 3.26. The van der Waals surface area contributed by atoms with E-state index >= 15 is 0 Å². The van der Waals surface area contributed by atoms with E-state index in [9.17, 15) is 9.18 Å². The van der Waals surface area contributed by atoms with Crippen molar-refractivity contribution in [2.24, 2.45) is 0 Å². The molecule has 0 aromatic carbocycles. The zero-order chi connectivity index (χ0) is 10.1. The van der Waals surface area contributed by atoms with Crippen LogP contribution in [0.3, 0.4) is 0 Å². The molecule has 4 nitrogen and oxygen atoms in total. The van der Waals surface area contributed by atoms with Crippen LogP contribution in [-0.4, -0.2) is 16.7 Å².